The molecule has 1 aliphatic rings. The van der Waals surface area contributed by atoms with Gasteiger partial charge < -0.3 is 5.32 Å². The lowest BCUT2D eigenvalue weighted by atomic mass is 10.4. The lowest BCUT2D eigenvalue weighted by Gasteiger charge is -2.14. The van der Waals surface area contributed by atoms with Crippen LogP contribution in [0.25, 0.3) is 6.08 Å². The van der Waals surface area contributed by atoms with Gasteiger partial charge in [-0.2, -0.15) is 0 Å². The number of amides is 2. The van der Waals surface area contributed by atoms with Crippen LogP contribution in [-0.4, -0.2) is 27.7 Å². The minimum absolute atomic E-state index is 0.0507. The molecule has 0 aromatic carbocycles. The van der Waals surface area contributed by atoms with Crippen LogP contribution in [-0.2, 0) is 9.59 Å². The number of hydrogen-bond acceptors (Lipinski definition) is 6. The fourth-order valence-corrected chi connectivity index (χ4v) is 3.43. The third kappa shape index (κ3) is 3.20. The van der Waals surface area contributed by atoms with Crippen LogP contribution in [0, 0.1) is 0 Å². The number of nitrogens with zero attached hydrogens (tertiary/aromatic N) is 2. The number of carbonyl (C=O) groups excluding carboxylic acids is 2. The van der Waals surface area contributed by atoms with Crippen molar-refractivity contribution < 1.29 is 9.59 Å². The summed E-state index contributed by atoms with van der Waals surface area (Å²) in [5.74, 6) is -0.256. The third-order valence-corrected chi connectivity index (χ3v) is 4.40. The average molecular weight is 313 g/mol. The summed E-state index contributed by atoms with van der Waals surface area (Å²) in [4.78, 5) is 29.4. The maximum atomic E-state index is 11.5. The van der Waals surface area contributed by atoms with Crippen molar-refractivity contribution >= 4 is 62.7 Å². The highest BCUT2D eigenvalue weighted by Crippen LogP contribution is 2.28. The normalized spacial score (nSPS) is 16.8. The molecule has 5 nitrogen and oxygen atoms in total. The van der Waals surface area contributed by atoms with Crippen LogP contribution in [0.5, 0.6) is 0 Å². The minimum atomic E-state index is -0.205. The van der Waals surface area contributed by atoms with Gasteiger partial charge in [-0.05, 0) is 13.0 Å². The molecule has 2 amide bonds. The SMILES string of the molecule is CCN(C(C)=O)c1nc(/C=C2\SC(=S)NC2=O)cs1. The average Bonchev–Trinajstić information content (AvgIpc) is 2.88. The van der Waals surface area contributed by atoms with E-state index in [9.17, 15) is 9.59 Å². The Labute approximate surface area is 124 Å². The fourth-order valence-electron chi connectivity index (χ4n) is 1.51. The Kier molecular flexibility index (Phi) is 4.33. The van der Waals surface area contributed by atoms with Crippen molar-refractivity contribution in [2.75, 3.05) is 11.4 Å². The largest absolute Gasteiger partial charge is 0.307 e. The molecule has 19 heavy (non-hydrogen) atoms. The molecule has 1 fully saturated rings. The van der Waals surface area contributed by atoms with E-state index in [-0.39, 0.29) is 11.8 Å². The van der Waals surface area contributed by atoms with E-state index in [0.29, 0.717) is 26.6 Å². The molecule has 1 aliphatic heterocycles. The summed E-state index contributed by atoms with van der Waals surface area (Å²) in [7, 11) is 0. The van der Waals surface area contributed by atoms with Crippen molar-refractivity contribution in [2.24, 2.45) is 0 Å². The van der Waals surface area contributed by atoms with Gasteiger partial charge in [0.05, 0.1) is 10.6 Å². The second-order valence-electron chi connectivity index (χ2n) is 3.67. The molecule has 0 bridgehead atoms. The van der Waals surface area contributed by atoms with E-state index < -0.39 is 0 Å². The predicted octanol–water partition coefficient (Wildman–Crippen LogP) is 2.00. The molecule has 2 rings (SSSR count). The molecule has 0 atom stereocenters. The Bertz CT molecular complexity index is 579. The number of carbonyl (C=O) groups is 2. The lowest BCUT2D eigenvalue weighted by Crippen LogP contribution is -2.27. The molecule has 2 heterocycles. The second kappa shape index (κ2) is 5.81. The van der Waals surface area contributed by atoms with Crippen LogP contribution in [0.15, 0.2) is 10.3 Å². The highest BCUT2D eigenvalue weighted by Gasteiger charge is 2.22. The van der Waals surface area contributed by atoms with E-state index in [2.05, 4.69) is 10.3 Å². The Balaban J connectivity index is 2.22. The van der Waals surface area contributed by atoms with Gasteiger partial charge in [-0.3, -0.25) is 14.5 Å². The summed E-state index contributed by atoms with van der Waals surface area (Å²) in [5.41, 5.74) is 0.655. The van der Waals surface area contributed by atoms with Gasteiger partial charge in [-0.25, -0.2) is 4.98 Å². The van der Waals surface area contributed by atoms with E-state index in [1.54, 1.807) is 11.0 Å². The smallest absolute Gasteiger partial charge is 0.263 e. The third-order valence-electron chi connectivity index (χ3n) is 2.36. The van der Waals surface area contributed by atoms with Crippen LogP contribution >= 0.6 is 35.3 Å². The summed E-state index contributed by atoms with van der Waals surface area (Å²) < 4.78 is 0.450. The first-order valence-corrected chi connectivity index (χ1v) is 7.60. The van der Waals surface area contributed by atoms with E-state index in [4.69, 9.17) is 12.2 Å². The van der Waals surface area contributed by atoms with Gasteiger partial charge in [-0.15, -0.1) is 11.3 Å². The summed E-state index contributed by atoms with van der Waals surface area (Å²) >= 11 is 7.49. The van der Waals surface area contributed by atoms with Gasteiger partial charge in [0, 0.05) is 18.8 Å². The number of hydrogen-bond donors (Lipinski definition) is 1. The highest BCUT2D eigenvalue weighted by atomic mass is 32.2. The van der Waals surface area contributed by atoms with E-state index >= 15 is 0 Å². The van der Waals surface area contributed by atoms with Gasteiger partial charge in [0.2, 0.25) is 5.91 Å². The molecule has 1 aromatic heterocycles. The Morgan fingerprint density at radius 3 is 2.89 bits per heavy atom. The minimum Gasteiger partial charge on any atom is -0.307 e. The van der Waals surface area contributed by atoms with E-state index in [1.807, 2.05) is 12.3 Å². The van der Waals surface area contributed by atoms with Crippen LogP contribution < -0.4 is 10.2 Å². The number of anilines is 1. The summed E-state index contributed by atoms with van der Waals surface area (Å²) in [5, 5.41) is 4.99. The van der Waals surface area contributed by atoms with Crippen molar-refractivity contribution in [1.29, 1.82) is 0 Å². The number of thiocarbonyl (C=S) groups is 1. The molecule has 0 aliphatic carbocycles. The van der Waals surface area contributed by atoms with Crippen LogP contribution in [0.4, 0.5) is 5.13 Å². The first-order valence-electron chi connectivity index (χ1n) is 5.49. The molecular weight excluding hydrogens is 302 g/mol. The number of thioether (sulfide) groups is 1. The molecule has 100 valence electrons. The predicted molar refractivity (Wildman–Crippen MR) is 82.1 cm³/mol. The summed E-state index contributed by atoms with van der Waals surface area (Å²) in [6, 6.07) is 0. The Morgan fingerprint density at radius 1 is 1.63 bits per heavy atom. The molecular formula is C11H11N3O2S3. The van der Waals surface area contributed by atoms with Crippen molar-refractivity contribution in [1.82, 2.24) is 10.3 Å². The number of aromatic nitrogens is 1. The Hall–Kier alpha value is -1.25. The standard InChI is InChI=1S/C11H11N3O2S3/c1-3-14(6(2)15)10-12-7(5-18-10)4-8-9(16)13-11(17)19-8/h4-5H,3H2,1-2H3,(H,13,16,17)/b8-4-. The highest BCUT2D eigenvalue weighted by molar-refractivity contribution is 8.26. The van der Waals surface area contributed by atoms with Gasteiger partial charge >= 0.3 is 0 Å². The van der Waals surface area contributed by atoms with Gasteiger partial charge in [0.1, 0.15) is 4.32 Å². The zero-order chi connectivity index (χ0) is 14.0. The van der Waals surface area contributed by atoms with Crippen molar-refractivity contribution in [2.45, 2.75) is 13.8 Å². The summed E-state index contributed by atoms with van der Waals surface area (Å²) in [6.07, 6.45) is 1.67. The van der Waals surface area contributed by atoms with Gasteiger partial charge in [-0.1, -0.05) is 24.0 Å². The van der Waals surface area contributed by atoms with Gasteiger partial charge in [0.15, 0.2) is 5.13 Å². The number of nitrogens with one attached hydrogen (secondary N) is 1. The molecule has 0 radical (unpaired) electrons. The van der Waals surface area contributed by atoms with E-state index in [0.717, 1.165) is 0 Å². The van der Waals surface area contributed by atoms with Crippen molar-refractivity contribution in [3.63, 3.8) is 0 Å². The summed E-state index contributed by atoms with van der Waals surface area (Å²) in [6.45, 7) is 3.96. The van der Waals surface area contributed by atoms with Crippen LogP contribution in [0.1, 0.15) is 19.5 Å². The van der Waals surface area contributed by atoms with Crippen molar-refractivity contribution in [3.8, 4) is 0 Å². The zero-order valence-corrected chi connectivity index (χ0v) is 12.7. The molecule has 0 spiro atoms. The maximum absolute atomic E-state index is 11.5. The molecule has 0 unspecified atom stereocenters. The molecule has 0 saturated carbocycles. The maximum Gasteiger partial charge on any atom is 0.263 e. The van der Waals surface area contributed by atoms with Crippen molar-refractivity contribution in [3.05, 3.63) is 16.0 Å². The monoisotopic (exact) mass is 313 g/mol. The fraction of sp³-hybridized carbons (Fsp3) is 0.273. The second-order valence-corrected chi connectivity index (χ2v) is 6.23. The first-order chi connectivity index (χ1) is 9.01. The molecule has 1 aromatic rings. The van der Waals surface area contributed by atoms with E-state index in [1.165, 1.54) is 30.0 Å². The van der Waals surface area contributed by atoms with Gasteiger partial charge in [0.25, 0.3) is 5.91 Å². The quantitative estimate of drug-likeness (QED) is 0.683. The van der Waals surface area contributed by atoms with Crippen LogP contribution in [0.2, 0.25) is 0 Å². The molecule has 1 N–H and O–H groups in total. The van der Waals surface area contributed by atoms with Crippen LogP contribution in [0.3, 0.4) is 0 Å². The molecule has 1 saturated heterocycles. The molecule has 8 heteroatoms. The lowest BCUT2D eigenvalue weighted by molar-refractivity contribution is -0.116. The zero-order valence-electron chi connectivity index (χ0n) is 10.3. The number of thiazole rings is 1. The number of rotatable bonds is 3. The first kappa shape index (κ1) is 14.2. The Morgan fingerprint density at radius 2 is 2.37 bits per heavy atom. The topological polar surface area (TPSA) is 62.3 Å².